The van der Waals surface area contributed by atoms with Gasteiger partial charge in [0.15, 0.2) is 0 Å². The van der Waals surface area contributed by atoms with E-state index in [1.807, 2.05) is 20.8 Å². The van der Waals surface area contributed by atoms with Crippen molar-refractivity contribution in [2.24, 2.45) is 11.1 Å². The predicted molar refractivity (Wildman–Crippen MR) is 78.9 cm³/mol. The van der Waals surface area contributed by atoms with Crippen molar-refractivity contribution in [3.63, 3.8) is 0 Å². The van der Waals surface area contributed by atoms with Crippen molar-refractivity contribution in [3.05, 3.63) is 36.2 Å². The minimum Gasteiger partial charge on any atom is -0.348 e. The molecule has 0 bridgehead atoms. The lowest BCUT2D eigenvalue weighted by atomic mass is 9.86. The van der Waals surface area contributed by atoms with E-state index < -0.39 is 0 Å². The van der Waals surface area contributed by atoms with Crippen LogP contribution in [-0.4, -0.2) is 38.7 Å². The molecule has 21 heavy (non-hydrogen) atoms. The fourth-order valence-electron chi connectivity index (χ4n) is 1.92. The van der Waals surface area contributed by atoms with Gasteiger partial charge in [-0.25, -0.2) is 4.68 Å². The van der Waals surface area contributed by atoms with E-state index in [2.05, 4.69) is 20.8 Å². The highest BCUT2D eigenvalue weighted by atomic mass is 16.1. The highest BCUT2D eigenvalue weighted by molar-refractivity contribution is 5.94. The maximum atomic E-state index is 12.2. The number of nitrogens with two attached hydrogens (primary N) is 1. The van der Waals surface area contributed by atoms with Gasteiger partial charge < -0.3 is 11.1 Å². The molecule has 112 valence electrons. The predicted octanol–water partition coefficient (Wildman–Crippen LogP) is 0.766. The number of carbonyl (C=O) groups excluding carboxylic acids is 1. The smallest absolute Gasteiger partial charge is 0.251 e. The number of tetrazole rings is 1. The van der Waals surface area contributed by atoms with Gasteiger partial charge in [-0.2, -0.15) is 0 Å². The second-order valence-corrected chi connectivity index (χ2v) is 5.93. The zero-order valence-electron chi connectivity index (χ0n) is 12.4. The third-order valence-corrected chi connectivity index (χ3v) is 3.33. The Labute approximate surface area is 123 Å². The molecule has 2 rings (SSSR count). The van der Waals surface area contributed by atoms with Crippen molar-refractivity contribution >= 4 is 5.91 Å². The Hall–Kier alpha value is -2.28. The van der Waals surface area contributed by atoms with Gasteiger partial charge in [-0.3, -0.25) is 4.79 Å². The first-order valence-corrected chi connectivity index (χ1v) is 6.76. The van der Waals surface area contributed by atoms with Gasteiger partial charge in [-0.15, -0.1) is 5.10 Å². The number of aromatic nitrogens is 4. The van der Waals surface area contributed by atoms with Crippen LogP contribution in [0.5, 0.6) is 0 Å². The van der Waals surface area contributed by atoms with Gasteiger partial charge in [0, 0.05) is 18.2 Å². The fourth-order valence-corrected chi connectivity index (χ4v) is 1.92. The molecule has 3 N–H and O–H groups in total. The summed E-state index contributed by atoms with van der Waals surface area (Å²) in [4.78, 5) is 12.2. The zero-order chi connectivity index (χ0) is 15.5. The molecule has 1 unspecified atom stereocenters. The lowest BCUT2D eigenvalue weighted by Gasteiger charge is -2.30. The van der Waals surface area contributed by atoms with Gasteiger partial charge in [0.1, 0.15) is 6.33 Å². The molecule has 1 amide bonds. The van der Waals surface area contributed by atoms with Crippen LogP contribution in [0.4, 0.5) is 0 Å². The van der Waals surface area contributed by atoms with E-state index in [1.165, 1.54) is 11.0 Å². The second-order valence-electron chi connectivity index (χ2n) is 5.93. The summed E-state index contributed by atoms with van der Waals surface area (Å²) in [5, 5.41) is 13.9. The lowest BCUT2D eigenvalue weighted by molar-refractivity contribution is 0.0905. The van der Waals surface area contributed by atoms with Crippen LogP contribution < -0.4 is 11.1 Å². The molecule has 1 aromatic carbocycles. The quantitative estimate of drug-likeness (QED) is 0.865. The molecule has 0 aliphatic rings. The van der Waals surface area contributed by atoms with E-state index in [4.69, 9.17) is 5.73 Å². The number of carbonyl (C=O) groups is 1. The Morgan fingerprint density at radius 2 is 2.00 bits per heavy atom. The summed E-state index contributed by atoms with van der Waals surface area (Å²) < 4.78 is 1.53. The van der Waals surface area contributed by atoms with Crippen LogP contribution in [-0.2, 0) is 0 Å². The van der Waals surface area contributed by atoms with E-state index in [0.29, 0.717) is 12.1 Å². The summed E-state index contributed by atoms with van der Waals surface area (Å²) in [5.41, 5.74) is 7.02. The molecule has 2 aromatic rings. The topological polar surface area (TPSA) is 98.7 Å². The van der Waals surface area contributed by atoms with Crippen molar-refractivity contribution < 1.29 is 4.79 Å². The molecule has 1 aromatic heterocycles. The van der Waals surface area contributed by atoms with E-state index in [1.54, 1.807) is 24.3 Å². The zero-order valence-corrected chi connectivity index (χ0v) is 12.4. The van der Waals surface area contributed by atoms with Crippen LogP contribution in [0, 0.1) is 5.41 Å². The SMILES string of the molecule is CC(C)(C)C(CN)NC(=O)c1ccc(-n2cnnn2)cc1. The molecule has 7 heteroatoms. The average Bonchev–Trinajstić information content (AvgIpc) is 2.97. The molecule has 0 aliphatic heterocycles. The molecule has 7 nitrogen and oxygen atoms in total. The van der Waals surface area contributed by atoms with Gasteiger partial charge >= 0.3 is 0 Å². The van der Waals surface area contributed by atoms with Crippen LogP contribution in [0.25, 0.3) is 5.69 Å². The van der Waals surface area contributed by atoms with Crippen LogP contribution in [0.3, 0.4) is 0 Å². The first kappa shape index (κ1) is 15.1. The van der Waals surface area contributed by atoms with Crippen molar-refractivity contribution in [1.82, 2.24) is 25.5 Å². The van der Waals surface area contributed by atoms with Crippen molar-refractivity contribution in [2.45, 2.75) is 26.8 Å². The van der Waals surface area contributed by atoms with Crippen molar-refractivity contribution in [1.29, 1.82) is 0 Å². The molecular formula is C14H20N6O. The number of hydrogen-bond acceptors (Lipinski definition) is 5. The summed E-state index contributed by atoms with van der Waals surface area (Å²) >= 11 is 0. The summed E-state index contributed by atoms with van der Waals surface area (Å²) in [7, 11) is 0. The molecule has 0 fully saturated rings. The first-order chi connectivity index (χ1) is 9.91. The Balaban J connectivity index is 2.10. The number of rotatable bonds is 4. The van der Waals surface area contributed by atoms with E-state index in [0.717, 1.165) is 5.69 Å². The van der Waals surface area contributed by atoms with Gasteiger partial charge in [-0.1, -0.05) is 20.8 Å². The van der Waals surface area contributed by atoms with Crippen LogP contribution >= 0.6 is 0 Å². The molecule has 0 aliphatic carbocycles. The van der Waals surface area contributed by atoms with Gasteiger partial charge in [0.2, 0.25) is 0 Å². The molecule has 0 saturated heterocycles. The number of amides is 1. The Kier molecular flexibility index (Phi) is 4.32. The fraction of sp³-hybridized carbons (Fsp3) is 0.429. The summed E-state index contributed by atoms with van der Waals surface area (Å²) in [6.45, 7) is 6.54. The van der Waals surface area contributed by atoms with Crippen LogP contribution in [0.15, 0.2) is 30.6 Å². The molecule has 0 spiro atoms. The van der Waals surface area contributed by atoms with Crippen molar-refractivity contribution in [3.8, 4) is 5.69 Å². The third kappa shape index (κ3) is 3.63. The van der Waals surface area contributed by atoms with Crippen LogP contribution in [0.2, 0.25) is 0 Å². The number of hydrogen-bond donors (Lipinski definition) is 2. The molecular weight excluding hydrogens is 268 g/mol. The normalized spacial score (nSPS) is 13.0. The van der Waals surface area contributed by atoms with E-state index >= 15 is 0 Å². The first-order valence-electron chi connectivity index (χ1n) is 6.76. The van der Waals surface area contributed by atoms with E-state index in [-0.39, 0.29) is 17.4 Å². The number of nitrogens with zero attached hydrogens (tertiary/aromatic N) is 4. The third-order valence-electron chi connectivity index (χ3n) is 3.33. The molecule has 1 heterocycles. The number of benzene rings is 1. The lowest BCUT2D eigenvalue weighted by Crippen LogP contribution is -2.48. The molecule has 0 radical (unpaired) electrons. The molecule has 0 saturated carbocycles. The maximum absolute atomic E-state index is 12.2. The standard InChI is InChI=1S/C14H20N6O/c1-14(2,3)12(8-15)17-13(21)10-4-6-11(7-5-10)20-9-16-18-19-20/h4-7,9,12H,8,15H2,1-3H3,(H,17,21). The maximum Gasteiger partial charge on any atom is 0.251 e. The highest BCUT2D eigenvalue weighted by Gasteiger charge is 2.25. The number of nitrogens with one attached hydrogen (secondary N) is 1. The Morgan fingerprint density at radius 3 is 2.48 bits per heavy atom. The van der Waals surface area contributed by atoms with E-state index in [9.17, 15) is 4.79 Å². The van der Waals surface area contributed by atoms with Crippen LogP contribution in [0.1, 0.15) is 31.1 Å². The summed E-state index contributed by atoms with van der Waals surface area (Å²) in [6.07, 6.45) is 1.50. The average molecular weight is 288 g/mol. The second kappa shape index (κ2) is 6.01. The minimum atomic E-state index is -0.136. The molecule has 1 atom stereocenters. The Morgan fingerprint density at radius 1 is 1.33 bits per heavy atom. The minimum absolute atomic E-state index is 0.0795. The Bertz CT molecular complexity index is 585. The van der Waals surface area contributed by atoms with Crippen molar-refractivity contribution in [2.75, 3.05) is 6.54 Å². The summed E-state index contributed by atoms with van der Waals surface area (Å²) in [6, 6.07) is 6.98. The van der Waals surface area contributed by atoms with Gasteiger partial charge in [-0.05, 0) is 40.1 Å². The monoisotopic (exact) mass is 288 g/mol. The van der Waals surface area contributed by atoms with Gasteiger partial charge in [0.25, 0.3) is 5.91 Å². The highest BCUT2D eigenvalue weighted by Crippen LogP contribution is 2.19. The largest absolute Gasteiger partial charge is 0.348 e. The summed E-state index contributed by atoms with van der Waals surface area (Å²) in [5.74, 6) is -0.136. The van der Waals surface area contributed by atoms with Gasteiger partial charge in [0.05, 0.1) is 5.69 Å².